The zero-order valence-electron chi connectivity index (χ0n) is 9.42. The molecule has 0 spiro atoms. The summed E-state index contributed by atoms with van der Waals surface area (Å²) in [6.07, 6.45) is 0.594. The maximum absolute atomic E-state index is 11.8. The summed E-state index contributed by atoms with van der Waals surface area (Å²) >= 11 is 4.63. The van der Waals surface area contributed by atoms with Gasteiger partial charge in [0.2, 0.25) is 10.0 Å². The summed E-state index contributed by atoms with van der Waals surface area (Å²) in [6, 6.07) is -0.347. The molecule has 0 saturated carbocycles. The molecule has 1 unspecified atom stereocenters. The fraction of sp³-hybridized carbons (Fsp3) is 0.875. The minimum absolute atomic E-state index is 0.0155. The van der Waals surface area contributed by atoms with Crippen molar-refractivity contribution in [1.29, 1.82) is 0 Å². The number of rotatable bonds is 4. The summed E-state index contributed by atoms with van der Waals surface area (Å²) in [5.41, 5.74) is 5.29. The molecule has 0 aromatic rings. The molecule has 0 radical (unpaired) electrons. The topological polar surface area (TPSA) is 106 Å². The molecule has 6 nitrogen and oxygen atoms in total. The molecule has 3 N–H and O–H groups in total. The quantitative estimate of drug-likeness (QED) is 0.656. The van der Waals surface area contributed by atoms with Gasteiger partial charge in [-0.2, -0.15) is 0 Å². The third-order valence-corrected chi connectivity index (χ3v) is 6.82. The maximum atomic E-state index is 11.8. The first-order valence-corrected chi connectivity index (χ1v) is 8.92. The van der Waals surface area contributed by atoms with Crippen LogP contribution in [0.3, 0.4) is 0 Å². The average Bonchev–Trinajstić information content (AvgIpc) is 2.20. The molecule has 0 amide bonds. The Morgan fingerprint density at radius 3 is 2.29 bits per heavy atom. The number of nitrogens with one attached hydrogen (secondary N) is 1. The molecular formula is C8H16N2O4S3. The van der Waals surface area contributed by atoms with Crippen LogP contribution in [0.2, 0.25) is 0 Å². The van der Waals surface area contributed by atoms with E-state index in [1.807, 2.05) is 0 Å². The van der Waals surface area contributed by atoms with Crippen molar-refractivity contribution >= 4 is 37.1 Å². The lowest BCUT2D eigenvalue weighted by Gasteiger charge is -2.24. The van der Waals surface area contributed by atoms with E-state index in [1.165, 1.54) is 6.92 Å². The van der Waals surface area contributed by atoms with Gasteiger partial charge in [0.15, 0.2) is 0 Å². The summed E-state index contributed by atoms with van der Waals surface area (Å²) in [7, 11) is -6.60. The smallest absolute Gasteiger partial charge is 0.220 e. The lowest BCUT2D eigenvalue weighted by atomic mass is 10.2. The number of thiocarbonyl (C=S) groups is 1. The van der Waals surface area contributed by atoms with Crippen LogP contribution in [0.25, 0.3) is 0 Å². The van der Waals surface area contributed by atoms with Gasteiger partial charge in [-0.05, 0) is 19.8 Å². The van der Waals surface area contributed by atoms with Crippen molar-refractivity contribution < 1.29 is 16.8 Å². The van der Waals surface area contributed by atoms with E-state index in [-0.39, 0.29) is 22.5 Å². The monoisotopic (exact) mass is 300 g/mol. The molecule has 0 aliphatic carbocycles. The summed E-state index contributed by atoms with van der Waals surface area (Å²) in [5.74, 6) is 0.0310. The Balaban J connectivity index is 2.65. The standard InChI is InChI=1S/C8H16N2O4S3/c1-6(8(9)15)17(13,14)10-7-2-4-16(11,12)5-3-7/h6-7,10H,2-5H2,1H3,(H2,9,15). The summed E-state index contributed by atoms with van der Waals surface area (Å²) in [5, 5.41) is -0.948. The molecule has 1 aliphatic heterocycles. The molecule has 0 aromatic heterocycles. The highest BCUT2D eigenvalue weighted by Crippen LogP contribution is 2.14. The Labute approximate surface area is 107 Å². The molecule has 1 aliphatic rings. The van der Waals surface area contributed by atoms with Crippen LogP contribution in [-0.2, 0) is 19.9 Å². The molecular weight excluding hydrogens is 284 g/mol. The summed E-state index contributed by atoms with van der Waals surface area (Å²) in [4.78, 5) is -0.0964. The van der Waals surface area contributed by atoms with Crippen LogP contribution in [0.5, 0.6) is 0 Å². The summed E-state index contributed by atoms with van der Waals surface area (Å²) in [6.45, 7) is 1.41. The SMILES string of the molecule is CC(C(N)=S)S(=O)(=O)NC1CCS(=O)(=O)CC1. The lowest BCUT2D eigenvalue weighted by molar-refractivity contribution is 0.504. The molecule has 0 aromatic carbocycles. The van der Waals surface area contributed by atoms with Gasteiger partial charge in [0.05, 0.1) is 16.5 Å². The molecule has 9 heteroatoms. The van der Waals surface area contributed by atoms with Crippen molar-refractivity contribution in [1.82, 2.24) is 4.72 Å². The van der Waals surface area contributed by atoms with E-state index in [0.717, 1.165) is 0 Å². The van der Waals surface area contributed by atoms with Gasteiger partial charge in [-0.3, -0.25) is 0 Å². The number of hydrogen-bond acceptors (Lipinski definition) is 5. The molecule has 1 atom stereocenters. The van der Waals surface area contributed by atoms with E-state index in [9.17, 15) is 16.8 Å². The third-order valence-electron chi connectivity index (χ3n) is 2.75. The van der Waals surface area contributed by atoms with Gasteiger partial charge in [0.1, 0.15) is 15.1 Å². The lowest BCUT2D eigenvalue weighted by Crippen LogP contribution is -2.47. The highest BCUT2D eigenvalue weighted by atomic mass is 32.2. The Morgan fingerprint density at radius 1 is 1.41 bits per heavy atom. The zero-order valence-corrected chi connectivity index (χ0v) is 11.9. The number of sulfone groups is 1. The van der Waals surface area contributed by atoms with Gasteiger partial charge in [0, 0.05) is 6.04 Å². The number of hydrogen-bond donors (Lipinski definition) is 2. The van der Waals surface area contributed by atoms with Crippen molar-refractivity contribution in [3.05, 3.63) is 0 Å². The van der Waals surface area contributed by atoms with Crippen LogP contribution >= 0.6 is 12.2 Å². The van der Waals surface area contributed by atoms with Crippen LogP contribution in [0.4, 0.5) is 0 Å². The normalized spacial score (nSPS) is 23.1. The number of sulfonamides is 1. The highest BCUT2D eigenvalue weighted by Gasteiger charge is 2.30. The molecule has 17 heavy (non-hydrogen) atoms. The second kappa shape index (κ2) is 5.17. The van der Waals surface area contributed by atoms with Gasteiger partial charge in [-0.25, -0.2) is 21.6 Å². The van der Waals surface area contributed by atoms with Crippen LogP contribution < -0.4 is 10.5 Å². The first-order valence-electron chi connectivity index (χ1n) is 5.15. The van der Waals surface area contributed by atoms with Crippen molar-refractivity contribution in [2.45, 2.75) is 31.1 Å². The van der Waals surface area contributed by atoms with Gasteiger partial charge in [-0.15, -0.1) is 0 Å². The Hall–Kier alpha value is -0.250. The zero-order chi connectivity index (χ0) is 13.3. The van der Waals surface area contributed by atoms with Crippen LogP contribution in [0.15, 0.2) is 0 Å². The molecule has 1 fully saturated rings. The largest absolute Gasteiger partial charge is 0.392 e. The highest BCUT2D eigenvalue weighted by molar-refractivity contribution is 7.93. The van der Waals surface area contributed by atoms with E-state index >= 15 is 0 Å². The Bertz CT molecular complexity index is 483. The Morgan fingerprint density at radius 2 is 1.88 bits per heavy atom. The summed E-state index contributed by atoms with van der Waals surface area (Å²) < 4.78 is 48.4. The fourth-order valence-corrected chi connectivity index (χ4v) is 4.58. The van der Waals surface area contributed by atoms with Crippen LogP contribution in [-0.4, -0.2) is 44.6 Å². The first-order chi connectivity index (χ1) is 7.64. The van der Waals surface area contributed by atoms with Crippen molar-refractivity contribution in [3.63, 3.8) is 0 Å². The van der Waals surface area contributed by atoms with Crippen molar-refractivity contribution in [2.24, 2.45) is 5.73 Å². The minimum atomic E-state index is -3.61. The van der Waals surface area contributed by atoms with Gasteiger partial charge >= 0.3 is 0 Å². The molecule has 0 bridgehead atoms. The predicted molar refractivity (Wildman–Crippen MR) is 70.0 cm³/mol. The van der Waals surface area contributed by atoms with Gasteiger partial charge in [-0.1, -0.05) is 12.2 Å². The van der Waals surface area contributed by atoms with Crippen LogP contribution in [0, 0.1) is 0 Å². The van der Waals surface area contributed by atoms with Crippen LogP contribution in [0.1, 0.15) is 19.8 Å². The second-order valence-corrected chi connectivity index (χ2v) is 8.94. The van der Waals surface area contributed by atoms with Gasteiger partial charge in [0.25, 0.3) is 0 Å². The Kier molecular flexibility index (Phi) is 4.50. The first kappa shape index (κ1) is 14.8. The van der Waals surface area contributed by atoms with E-state index in [0.29, 0.717) is 12.8 Å². The van der Waals surface area contributed by atoms with E-state index < -0.39 is 25.1 Å². The van der Waals surface area contributed by atoms with E-state index in [4.69, 9.17) is 5.73 Å². The maximum Gasteiger partial charge on any atom is 0.220 e. The van der Waals surface area contributed by atoms with E-state index in [2.05, 4.69) is 16.9 Å². The predicted octanol–water partition coefficient (Wildman–Crippen LogP) is -0.842. The molecule has 100 valence electrons. The number of nitrogens with two attached hydrogens (primary N) is 1. The molecule has 1 heterocycles. The molecule has 1 saturated heterocycles. The van der Waals surface area contributed by atoms with Gasteiger partial charge < -0.3 is 5.73 Å². The van der Waals surface area contributed by atoms with Crippen molar-refractivity contribution in [2.75, 3.05) is 11.5 Å². The average molecular weight is 300 g/mol. The fourth-order valence-electron chi connectivity index (χ4n) is 1.50. The van der Waals surface area contributed by atoms with E-state index in [1.54, 1.807) is 0 Å². The minimum Gasteiger partial charge on any atom is -0.392 e. The third kappa shape index (κ3) is 4.16. The molecule has 1 rings (SSSR count). The van der Waals surface area contributed by atoms with Crippen molar-refractivity contribution in [3.8, 4) is 0 Å². The second-order valence-electron chi connectivity index (χ2n) is 4.13.